The molecule has 6 heteroatoms. The summed E-state index contributed by atoms with van der Waals surface area (Å²) in [5, 5.41) is 0. The number of hydrogen-bond acceptors (Lipinski definition) is 4. The molecular formula is C20H20F2O4. The zero-order valence-electron chi connectivity index (χ0n) is 14.8. The van der Waals surface area contributed by atoms with Crippen LogP contribution >= 0.6 is 0 Å². The van der Waals surface area contributed by atoms with Gasteiger partial charge >= 0.3 is 11.9 Å². The first-order valence-corrected chi connectivity index (χ1v) is 8.13. The minimum absolute atomic E-state index is 0.0756. The molecule has 0 saturated heterocycles. The van der Waals surface area contributed by atoms with Gasteiger partial charge in [-0.3, -0.25) is 0 Å². The summed E-state index contributed by atoms with van der Waals surface area (Å²) in [5.74, 6) is -3.36. The van der Waals surface area contributed by atoms with Crippen molar-refractivity contribution in [2.75, 3.05) is 0 Å². The van der Waals surface area contributed by atoms with Crippen molar-refractivity contribution >= 4 is 11.9 Å². The fourth-order valence-electron chi connectivity index (χ4n) is 2.47. The van der Waals surface area contributed by atoms with Gasteiger partial charge in [0.05, 0.1) is 0 Å². The Morgan fingerprint density at radius 2 is 1.50 bits per heavy atom. The van der Waals surface area contributed by atoms with Crippen LogP contribution in [0.2, 0.25) is 0 Å². The highest BCUT2D eigenvalue weighted by Crippen LogP contribution is 2.39. The van der Waals surface area contributed by atoms with E-state index < -0.39 is 23.6 Å². The van der Waals surface area contributed by atoms with Crippen LogP contribution < -0.4 is 0 Å². The van der Waals surface area contributed by atoms with Crippen LogP contribution in [-0.2, 0) is 19.1 Å². The van der Waals surface area contributed by atoms with E-state index >= 15 is 0 Å². The van der Waals surface area contributed by atoms with Crippen LogP contribution in [-0.4, -0.2) is 11.9 Å². The maximum absolute atomic E-state index is 14.4. The Labute approximate surface area is 150 Å². The van der Waals surface area contributed by atoms with Gasteiger partial charge in [0, 0.05) is 24.0 Å². The number of halogens is 2. The first kappa shape index (κ1) is 19.6. The van der Waals surface area contributed by atoms with Gasteiger partial charge in [-0.15, -0.1) is 0 Å². The van der Waals surface area contributed by atoms with Crippen LogP contribution in [0.5, 0.6) is 0 Å². The molecule has 0 aromatic carbocycles. The van der Waals surface area contributed by atoms with E-state index in [1.165, 1.54) is 6.92 Å². The van der Waals surface area contributed by atoms with Crippen molar-refractivity contribution in [2.45, 2.75) is 39.5 Å². The molecule has 4 nitrogen and oxygen atoms in total. The maximum Gasteiger partial charge on any atom is 0.338 e. The van der Waals surface area contributed by atoms with Gasteiger partial charge in [-0.05, 0) is 43.9 Å². The lowest BCUT2D eigenvalue weighted by Gasteiger charge is -2.22. The fourth-order valence-corrected chi connectivity index (χ4v) is 2.47. The van der Waals surface area contributed by atoms with Crippen LogP contribution in [0.4, 0.5) is 8.78 Å². The molecule has 2 rings (SSSR count). The maximum atomic E-state index is 14.4. The molecule has 0 heterocycles. The monoisotopic (exact) mass is 362 g/mol. The van der Waals surface area contributed by atoms with Crippen LogP contribution in [0.15, 0.2) is 70.8 Å². The third-order valence-electron chi connectivity index (χ3n) is 3.94. The SMILES string of the molecule is C=C(C)C(=O)OC1=CC=C(C2=C(F)C(F)=C(OC(=O)C(=C)C)CC2)CC1. The molecule has 2 aliphatic carbocycles. The minimum atomic E-state index is -1.16. The molecule has 0 spiro atoms. The summed E-state index contributed by atoms with van der Waals surface area (Å²) in [6.45, 7) is 9.89. The molecule has 0 bridgehead atoms. The summed E-state index contributed by atoms with van der Waals surface area (Å²) in [7, 11) is 0. The number of rotatable bonds is 5. The molecule has 0 aliphatic heterocycles. The highest BCUT2D eigenvalue weighted by molar-refractivity contribution is 5.88. The second-order valence-corrected chi connectivity index (χ2v) is 6.19. The minimum Gasteiger partial charge on any atom is -0.428 e. The fraction of sp³-hybridized carbons (Fsp3) is 0.300. The predicted octanol–water partition coefficient (Wildman–Crippen LogP) is 5.03. The van der Waals surface area contributed by atoms with E-state index in [1.807, 2.05) is 0 Å². The lowest BCUT2D eigenvalue weighted by molar-refractivity contribution is -0.136. The van der Waals surface area contributed by atoms with Gasteiger partial charge in [0.2, 0.25) is 0 Å². The normalized spacial score (nSPS) is 17.4. The molecule has 0 fully saturated rings. The first-order chi connectivity index (χ1) is 12.2. The topological polar surface area (TPSA) is 52.6 Å². The summed E-state index contributed by atoms with van der Waals surface area (Å²) in [4.78, 5) is 23.0. The molecule has 0 aromatic heterocycles. The van der Waals surface area contributed by atoms with Crippen molar-refractivity contribution in [3.05, 3.63) is 70.8 Å². The molecule has 0 unspecified atom stereocenters. The Balaban J connectivity index is 2.19. The van der Waals surface area contributed by atoms with E-state index in [1.54, 1.807) is 19.1 Å². The molecule has 138 valence electrons. The van der Waals surface area contributed by atoms with Crippen LogP contribution in [0, 0.1) is 0 Å². The summed E-state index contributed by atoms with van der Waals surface area (Å²) in [5.41, 5.74) is 1.25. The third kappa shape index (κ3) is 4.45. The van der Waals surface area contributed by atoms with Crippen molar-refractivity contribution in [3.63, 3.8) is 0 Å². The zero-order valence-corrected chi connectivity index (χ0v) is 14.8. The Kier molecular flexibility index (Phi) is 6.08. The van der Waals surface area contributed by atoms with E-state index in [0.29, 0.717) is 24.2 Å². The third-order valence-corrected chi connectivity index (χ3v) is 3.94. The quantitative estimate of drug-likeness (QED) is 0.509. The van der Waals surface area contributed by atoms with Crippen LogP contribution in [0.25, 0.3) is 0 Å². The first-order valence-electron chi connectivity index (χ1n) is 8.13. The lowest BCUT2D eigenvalue weighted by atomic mass is 9.89. The van der Waals surface area contributed by atoms with Gasteiger partial charge in [0.15, 0.2) is 11.7 Å². The van der Waals surface area contributed by atoms with Crippen molar-refractivity contribution in [3.8, 4) is 0 Å². The average molecular weight is 362 g/mol. The average Bonchev–Trinajstić information content (AvgIpc) is 2.59. The van der Waals surface area contributed by atoms with Crippen molar-refractivity contribution in [1.29, 1.82) is 0 Å². The molecule has 0 N–H and O–H groups in total. The predicted molar refractivity (Wildman–Crippen MR) is 92.7 cm³/mol. The summed E-state index contributed by atoms with van der Waals surface area (Å²) < 4.78 is 38.6. The lowest BCUT2D eigenvalue weighted by Crippen LogP contribution is -2.12. The zero-order chi connectivity index (χ0) is 19.4. The Hall–Kier alpha value is -2.76. The van der Waals surface area contributed by atoms with E-state index in [4.69, 9.17) is 9.47 Å². The van der Waals surface area contributed by atoms with Gasteiger partial charge in [-0.1, -0.05) is 19.2 Å². The largest absolute Gasteiger partial charge is 0.428 e. The molecule has 0 atom stereocenters. The second kappa shape index (κ2) is 8.08. The Morgan fingerprint density at radius 3 is 2.04 bits per heavy atom. The van der Waals surface area contributed by atoms with Gasteiger partial charge in [-0.25, -0.2) is 14.0 Å². The summed E-state index contributed by atoms with van der Waals surface area (Å²) in [6.07, 6.45) is 4.26. The van der Waals surface area contributed by atoms with Gasteiger partial charge in [0.1, 0.15) is 11.5 Å². The molecule has 0 amide bonds. The highest BCUT2D eigenvalue weighted by Gasteiger charge is 2.28. The molecule has 2 aliphatic rings. The van der Waals surface area contributed by atoms with Crippen molar-refractivity contribution < 1.29 is 27.8 Å². The summed E-state index contributed by atoms with van der Waals surface area (Å²) in [6, 6.07) is 0. The van der Waals surface area contributed by atoms with E-state index in [-0.39, 0.29) is 35.3 Å². The van der Waals surface area contributed by atoms with E-state index in [0.717, 1.165) is 0 Å². The van der Waals surface area contributed by atoms with Gasteiger partial charge in [-0.2, -0.15) is 4.39 Å². The molecule has 0 aromatic rings. The van der Waals surface area contributed by atoms with Gasteiger partial charge < -0.3 is 9.47 Å². The molecular weight excluding hydrogens is 342 g/mol. The number of allylic oxidation sites excluding steroid dienone is 8. The number of ether oxygens (including phenoxy) is 2. The van der Waals surface area contributed by atoms with Gasteiger partial charge in [0.25, 0.3) is 0 Å². The number of carbonyl (C=O) groups is 2. The highest BCUT2D eigenvalue weighted by atomic mass is 19.2. The molecule has 0 radical (unpaired) electrons. The van der Waals surface area contributed by atoms with Crippen molar-refractivity contribution in [2.24, 2.45) is 0 Å². The number of esters is 2. The molecule has 26 heavy (non-hydrogen) atoms. The molecule has 0 saturated carbocycles. The van der Waals surface area contributed by atoms with Crippen LogP contribution in [0.3, 0.4) is 0 Å². The standard InChI is InChI=1S/C20H20F2O4/c1-11(2)19(23)25-14-7-5-13(6-8-14)15-9-10-16(18(22)17(15)21)26-20(24)12(3)4/h5,7H,1,3,6,8-10H2,2,4H3. The summed E-state index contributed by atoms with van der Waals surface area (Å²) >= 11 is 0. The smallest absolute Gasteiger partial charge is 0.338 e. The Morgan fingerprint density at radius 1 is 0.885 bits per heavy atom. The van der Waals surface area contributed by atoms with Crippen molar-refractivity contribution in [1.82, 2.24) is 0 Å². The van der Waals surface area contributed by atoms with Crippen LogP contribution in [0.1, 0.15) is 39.5 Å². The van der Waals surface area contributed by atoms with E-state index in [2.05, 4.69) is 13.2 Å². The number of carbonyl (C=O) groups excluding carboxylic acids is 2. The Bertz CT molecular complexity index is 810. The second-order valence-electron chi connectivity index (χ2n) is 6.19. The van der Waals surface area contributed by atoms with E-state index in [9.17, 15) is 18.4 Å². The number of hydrogen-bond donors (Lipinski definition) is 0.